The van der Waals surface area contributed by atoms with E-state index in [-0.39, 0.29) is 31.4 Å². The van der Waals surface area contributed by atoms with Crippen LogP contribution in [-0.4, -0.2) is 71.8 Å². The fourth-order valence-corrected chi connectivity index (χ4v) is 6.50. The van der Waals surface area contributed by atoms with E-state index in [0.717, 1.165) is 14.7 Å². The molecule has 0 aromatic heterocycles. The molecular formula is C34H33IN2O7. The monoisotopic (exact) mass is 708 g/mol. The van der Waals surface area contributed by atoms with Gasteiger partial charge in [-0.2, -0.15) is 0 Å². The Kier molecular flexibility index (Phi) is 9.13. The summed E-state index contributed by atoms with van der Waals surface area (Å²) in [5.74, 6) is -2.43. The lowest BCUT2D eigenvalue weighted by atomic mass is 9.91. The molecule has 0 radical (unpaired) electrons. The Morgan fingerprint density at radius 3 is 2.25 bits per heavy atom. The Labute approximate surface area is 269 Å². The van der Waals surface area contributed by atoms with E-state index < -0.39 is 36.1 Å². The predicted octanol–water partition coefficient (Wildman–Crippen LogP) is 3.93. The highest BCUT2D eigenvalue weighted by Crippen LogP contribution is 2.47. The van der Waals surface area contributed by atoms with Crippen LogP contribution < -0.4 is 5.32 Å². The van der Waals surface area contributed by atoms with Gasteiger partial charge in [-0.1, -0.05) is 60.7 Å². The number of carbonyl (C=O) groups excluding carboxylic acids is 3. The maximum Gasteiger partial charge on any atom is 0.338 e. The normalized spacial score (nSPS) is 23.9. The third-order valence-electron chi connectivity index (χ3n) is 8.23. The van der Waals surface area contributed by atoms with Crippen molar-refractivity contribution in [1.82, 2.24) is 10.2 Å². The number of amides is 2. The Hall–Kier alpha value is -3.58. The molecule has 3 aromatic carbocycles. The van der Waals surface area contributed by atoms with Crippen LogP contribution >= 0.6 is 22.6 Å². The van der Waals surface area contributed by atoms with E-state index in [1.54, 1.807) is 23.1 Å². The smallest absolute Gasteiger partial charge is 0.338 e. The van der Waals surface area contributed by atoms with Gasteiger partial charge in [0, 0.05) is 39.8 Å². The summed E-state index contributed by atoms with van der Waals surface area (Å²) in [6.07, 6.45) is 0.798. The lowest BCUT2D eigenvalue weighted by molar-refractivity contribution is -0.157. The van der Waals surface area contributed by atoms with Crippen molar-refractivity contribution < 1.29 is 33.7 Å². The number of nitrogens with zero attached hydrogens (tertiary/aromatic N) is 1. The van der Waals surface area contributed by atoms with Gasteiger partial charge >= 0.3 is 5.97 Å². The zero-order chi connectivity index (χ0) is 30.7. The van der Waals surface area contributed by atoms with E-state index in [9.17, 15) is 14.4 Å². The van der Waals surface area contributed by atoms with Crippen LogP contribution in [0.15, 0.2) is 96.6 Å². The zero-order valence-corrected chi connectivity index (χ0v) is 26.1. The van der Waals surface area contributed by atoms with Crippen LogP contribution in [0.25, 0.3) is 0 Å². The number of aliphatic hydroxyl groups is 1. The molecule has 0 bridgehead atoms. The molecule has 3 aliphatic rings. The molecule has 1 aliphatic carbocycles. The predicted molar refractivity (Wildman–Crippen MR) is 169 cm³/mol. The summed E-state index contributed by atoms with van der Waals surface area (Å²) in [5.41, 5.74) is 2.32. The molecule has 2 fully saturated rings. The van der Waals surface area contributed by atoms with Gasteiger partial charge in [-0.25, -0.2) is 4.79 Å². The van der Waals surface area contributed by atoms with Crippen LogP contribution in [0.1, 0.15) is 40.7 Å². The van der Waals surface area contributed by atoms with Crippen molar-refractivity contribution in [3.8, 4) is 0 Å². The van der Waals surface area contributed by atoms with Crippen molar-refractivity contribution in [2.75, 3.05) is 19.7 Å². The van der Waals surface area contributed by atoms with E-state index in [2.05, 4.69) is 27.9 Å². The van der Waals surface area contributed by atoms with E-state index in [0.29, 0.717) is 30.5 Å². The van der Waals surface area contributed by atoms with Gasteiger partial charge in [0.1, 0.15) is 24.4 Å². The number of esters is 1. The fourth-order valence-electron chi connectivity index (χ4n) is 6.14. The molecule has 2 amide bonds. The molecule has 10 heteroatoms. The summed E-state index contributed by atoms with van der Waals surface area (Å²) in [6, 6.07) is 25.6. The van der Waals surface area contributed by atoms with Crippen LogP contribution in [0.5, 0.6) is 0 Å². The average Bonchev–Trinajstić information content (AvgIpc) is 3.71. The van der Waals surface area contributed by atoms with E-state index in [1.165, 1.54) is 0 Å². The van der Waals surface area contributed by atoms with Crippen LogP contribution in [0.2, 0.25) is 0 Å². The maximum absolute atomic E-state index is 14.0. The van der Waals surface area contributed by atoms with Gasteiger partial charge in [-0.15, -0.1) is 0 Å². The molecule has 0 saturated carbocycles. The third kappa shape index (κ3) is 6.03. The van der Waals surface area contributed by atoms with Gasteiger partial charge in [0.05, 0.1) is 12.2 Å². The van der Waals surface area contributed by atoms with Crippen molar-refractivity contribution in [1.29, 1.82) is 0 Å². The summed E-state index contributed by atoms with van der Waals surface area (Å²) in [5, 5.41) is 11.8. The second-order valence-corrected chi connectivity index (χ2v) is 12.3. The SMILES string of the molecule is O=C(OC1CC(C(=O)N2CCCC2C(=O)NCCO)=CC2OC(c3ccccc3)(c3ccccc3)OC21)c1ccc(I)cc1. The molecular weight excluding hydrogens is 675 g/mol. The van der Waals surface area contributed by atoms with E-state index >= 15 is 0 Å². The van der Waals surface area contributed by atoms with Crippen molar-refractivity contribution in [2.45, 2.75) is 49.4 Å². The van der Waals surface area contributed by atoms with Gasteiger partial charge in [-0.05, 0) is 65.8 Å². The number of hydrogen-bond acceptors (Lipinski definition) is 7. The molecule has 2 aliphatic heterocycles. The summed E-state index contributed by atoms with van der Waals surface area (Å²) in [7, 11) is 0. The molecule has 2 saturated heterocycles. The lowest BCUT2D eigenvalue weighted by Crippen LogP contribution is -2.49. The topological polar surface area (TPSA) is 114 Å². The highest BCUT2D eigenvalue weighted by molar-refractivity contribution is 14.1. The number of ether oxygens (including phenoxy) is 3. The Morgan fingerprint density at radius 2 is 1.61 bits per heavy atom. The number of nitrogens with one attached hydrogen (secondary N) is 1. The van der Waals surface area contributed by atoms with Crippen molar-refractivity contribution in [2.24, 2.45) is 0 Å². The van der Waals surface area contributed by atoms with Crippen LogP contribution in [-0.2, 0) is 29.6 Å². The lowest BCUT2D eigenvalue weighted by Gasteiger charge is -2.33. The molecule has 4 atom stereocenters. The standard InChI is InChI=1S/C34H33IN2O7/c35-26-15-13-22(14-16-26)33(41)42-28-20-23(32(40)37-18-7-12-27(37)31(39)36-17-19-38)21-29-30(28)44-34(43-29,24-8-3-1-4-9-24)25-10-5-2-6-11-25/h1-6,8-11,13-16,21,27-30,38H,7,12,17-20H2,(H,36,39). The molecule has 228 valence electrons. The van der Waals surface area contributed by atoms with Gasteiger partial charge < -0.3 is 29.5 Å². The molecule has 4 unspecified atom stereocenters. The van der Waals surface area contributed by atoms with Crippen molar-refractivity contribution >= 4 is 40.4 Å². The quantitative estimate of drug-likeness (QED) is 0.270. The van der Waals surface area contributed by atoms with Crippen LogP contribution in [0.4, 0.5) is 0 Å². The third-order valence-corrected chi connectivity index (χ3v) is 8.95. The highest BCUT2D eigenvalue weighted by atomic mass is 127. The number of aliphatic hydroxyl groups excluding tert-OH is 1. The maximum atomic E-state index is 14.0. The Bertz CT molecular complexity index is 1490. The van der Waals surface area contributed by atoms with Gasteiger partial charge in [0.2, 0.25) is 17.6 Å². The average molecular weight is 709 g/mol. The summed E-state index contributed by atoms with van der Waals surface area (Å²) >= 11 is 2.17. The minimum absolute atomic E-state index is 0.0978. The molecule has 6 rings (SSSR count). The van der Waals surface area contributed by atoms with Gasteiger partial charge in [0.15, 0.2) is 0 Å². The number of carbonyl (C=O) groups is 3. The van der Waals surface area contributed by atoms with Gasteiger partial charge in [-0.3, -0.25) is 9.59 Å². The molecule has 2 heterocycles. The minimum atomic E-state index is -1.30. The number of halogens is 1. The Balaban J connectivity index is 1.35. The molecule has 9 nitrogen and oxygen atoms in total. The summed E-state index contributed by atoms with van der Waals surface area (Å²) in [4.78, 5) is 41.8. The first-order chi connectivity index (χ1) is 21.4. The summed E-state index contributed by atoms with van der Waals surface area (Å²) < 4.78 is 20.6. The van der Waals surface area contributed by atoms with Crippen molar-refractivity contribution in [3.63, 3.8) is 0 Å². The number of rotatable bonds is 8. The van der Waals surface area contributed by atoms with Crippen LogP contribution in [0, 0.1) is 3.57 Å². The van der Waals surface area contributed by atoms with Crippen molar-refractivity contribution in [3.05, 3.63) is 117 Å². The molecule has 2 N–H and O–H groups in total. The molecule has 44 heavy (non-hydrogen) atoms. The molecule has 3 aromatic rings. The first kappa shape index (κ1) is 30.4. The van der Waals surface area contributed by atoms with E-state index in [1.807, 2.05) is 72.8 Å². The molecule has 0 spiro atoms. The number of fused-ring (bicyclic) bond motifs is 1. The second kappa shape index (κ2) is 13.2. The summed E-state index contributed by atoms with van der Waals surface area (Å²) in [6.45, 7) is 0.354. The fraction of sp³-hybridized carbons (Fsp3) is 0.324. The number of likely N-dealkylation sites (tertiary alicyclic amines) is 1. The van der Waals surface area contributed by atoms with Gasteiger partial charge in [0.25, 0.3) is 0 Å². The minimum Gasteiger partial charge on any atom is -0.456 e. The van der Waals surface area contributed by atoms with Crippen LogP contribution in [0.3, 0.4) is 0 Å². The second-order valence-electron chi connectivity index (χ2n) is 11.0. The largest absolute Gasteiger partial charge is 0.456 e. The first-order valence-electron chi connectivity index (χ1n) is 14.7. The number of benzene rings is 3. The van der Waals surface area contributed by atoms with E-state index in [4.69, 9.17) is 19.3 Å². The number of hydrogen-bond donors (Lipinski definition) is 2. The highest BCUT2D eigenvalue weighted by Gasteiger charge is 2.55. The first-order valence-corrected chi connectivity index (χ1v) is 15.8. The Morgan fingerprint density at radius 1 is 0.955 bits per heavy atom. The zero-order valence-electron chi connectivity index (χ0n) is 23.9.